The van der Waals surface area contributed by atoms with Crippen LogP contribution in [0.1, 0.15) is 38.2 Å². The third kappa shape index (κ3) is 5.18. The molecule has 0 bridgehead atoms. The fourth-order valence-corrected chi connectivity index (χ4v) is 2.03. The first-order valence-electron chi connectivity index (χ1n) is 6.38. The molecule has 0 unspecified atom stereocenters. The fraction of sp³-hybridized carbons (Fsp3) is 0.643. The Bertz CT molecular complexity index is 318. The van der Waals surface area contributed by atoms with Crippen molar-refractivity contribution >= 4 is 5.78 Å². The Labute approximate surface area is 104 Å². The number of carbonyl (C=O) groups excluding carboxylic acids is 1. The number of nitrogens with zero attached hydrogens (tertiary/aromatic N) is 1. The molecule has 0 atom stereocenters. The molecule has 0 aliphatic carbocycles. The minimum absolute atomic E-state index is 0.177. The van der Waals surface area contributed by atoms with Crippen LogP contribution >= 0.6 is 0 Å². The number of hydrogen-bond acceptors (Lipinski definition) is 2. The van der Waals surface area contributed by atoms with Crippen LogP contribution in [0.3, 0.4) is 0 Å². The summed E-state index contributed by atoms with van der Waals surface area (Å²) in [6, 6.07) is 3.70. The molecule has 3 heteroatoms. The highest BCUT2D eigenvalue weighted by Gasteiger charge is 2.15. The third-order valence-electron chi connectivity index (χ3n) is 2.51. The Morgan fingerprint density at radius 2 is 1.82 bits per heavy atom. The maximum absolute atomic E-state index is 12.0. The van der Waals surface area contributed by atoms with E-state index >= 15 is 0 Å². The molecule has 0 aromatic carbocycles. The van der Waals surface area contributed by atoms with E-state index in [0.29, 0.717) is 24.1 Å². The standard InChI is InChI=1S/C14H24N2O/c1-11(2)8-16(9-12(3)4)10-14(17)13-6-5-7-15-13/h5-7,11-12,15H,8-10H2,1-4H3. The molecule has 0 spiro atoms. The Kier molecular flexibility index (Phi) is 5.42. The number of nitrogens with one attached hydrogen (secondary N) is 1. The highest BCUT2D eigenvalue weighted by Crippen LogP contribution is 2.06. The van der Waals surface area contributed by atoms with Crippen LogP contribution in [0.5, 0.6) is 0 Å². The maximum atomic E-state index is 12.0. The molecular weight excluding hydrogens is 212 g/mol. The van der Waals surface area contributed by atoms with Crippen molar-refractivity contribution in [3.63, 3.8) is 0 Å². The van der Waals surface area contributed by atoms with Crippen molar-refractivity contribution in [2.24, 2.45) is 11.8 Å². The summed E-state index contributed by atoms with van der Waals surface area (Å²) in [4.78, 5) is 17.2. The minimum Gasteiger partial charge on any atom is -0.359 e. The lowest BCUT2D eigenvalue weighted by Crippen LogP contribution is -2.35. The topological polar surface area (TPSA) is 36.1 Å². The van der Waals surface area contributed by atoms with Gasteiger partial charge in [-0.2, -0.15) is 0 Å². The van der Waals surface area contributed by atoms with Gasteiger partial charge in [0.05, 0.1) is 12.2 Å². The van der Waals surface area contributed by atoms with Crippen LogP contribution in [0.2, 0.25) is 0 Å². The molecule has 0 radical (unpaired) electrons. The van der Waals surface area contributed by atoms with Crippen molar-refractivity contribution in [2.75, 3.05) is 19.6 Å². The molecule has 3 nitrogen and oxygen atoms in total. The Hall–Kier alpha value is -1.09. The summed E-state index contributed by atoms with van der Waals surface area (Å²) in [5.41, 5.74) is 0.711. The van der Waals surface area contributed by atoms with Gasteiger partial charge < -0.3 is 4.98 Å². The van der Waals surface area contributed by atoms with Gasteiger partial charge in [-0.05, 0) is 24.0 Å². The van der Waals surface area contributed by atoms with Gasteiger partial charge in [-0.1, -0.05) is 27.7 Å². The number of carbonyl (C=O) groups is 1. The predicted octanol–water partition coefficient (Wildman–Crippen LogP) is 2.81. The van der Waals surface area contributed by atoms with E-state index < -0.39 is 0 Å². The van der Waals surface area contributed by atoms with Gasteiger partial charge in [-0.25, -0.2) is 0 Å². The monoisotopic (exact) mass is 236 g/mol. The van der Waals surface area contributed by atoms with E-state index in [-0.39, 0.29) is 5.78 Å². The average molecular weight is 236 g/mol. The van der Waals surface area contributed by atoms with Gasteiger partial charge in [0, 0.05) is 19.3 Å². The van der Waals surface area contributed by atoms with E-state index in [2.05, 4.69) is 37.6 Å². The van der Waals surface area contributed by atoms with E-state index in [0.717, 1.165) is 13.1 Å². The summed E-state index contributed by atoms with van der Waals surface area (Å²) in [5.74, 6) is 1.35. The van der Waals surface area contributed by atoms with Crippen LogP contribution < -0.4 is 0 Å². The molecule has 0 aliphatic rings. The smallest absolute Gasteiger partial charge is 0.192 e. The normalized spacial score (nSPS) is 11.7. The highest BCUT2D eigenvalue weighted by molar-refractivity contribution is 5.95. The van der Waals surface area contributed by atoms with Crippen LogP contribution in [-0.2, 0) is 0 Å². The molecule has 96 valence electrons. The largest absolute Gasteiger partial charge is 0.359 e. The molecule has 1 aromatic rings. The summed E-state index contributed by atoms with van der Waals surface area (Å²) >= 11 is 0. The van der Waals surface area contributed by atoms with Crippen molar-refractivity contribution in [1.82, 2.24) is 9.88 Å². The van der Waals surface area contributed by atoms with Gasteiger partial charge in [0.15, 0.2) is 5.78 Å². The third-order valence-corrected chi connectivity index (χ3v) is 2.51. The van der Waals surface area contributed by atoms with Crippen molar-refractivity contribution in [2.45, 2.75) is 27.7 Å². The lowest BCUT2D eigenvalue weighted by Gasteiger charge is -2.25. The molecule has 1 N–H and O–H groups in total. The minimum atomic E-state index is 0.177. The van der Waals surface area contributed by atoms with Gasteiger partial charge in [-0.15, -0.1) is 0 Å². The van der Waals surface area contributed by atoms with E-state index in [1.54, 1.807) is 6.20 Å². The van der Waals surface area contributed by atoms with Crippen LogP contribution in [-0.4, -0.2) is 35.3 Å². The van der Waals surface area contributed by atoms with Crippen molar-refractivity contribution in [1.29, 1.82) is 0 Å². The second-order valence-corrected chi connectivity index (χ2v) is 5.49. The Balaban J connectivity index is 2.56. The van der Waals surface area contributed by atoms with Crippen LogP contribution in [0.4, 0.5) is 0 Å². The number of ketones is 1. The predicted molar refractivity (Wildman–Crippen MR) is 71.2 cm³/mol. The molecule has 1 aromatic heterocycles. The summed E-state index contributed by atoms with van der Waals surface area (Å²) in [6.45, 7) is 11.2. The number of Topliss-reactive ketones (excluding diaryl/α,β-unsaturated/α-hetero) is 1. The molecule has 1 rings (SSSR count). The average Bonchev–Trinajstić information content (AvgIpc) is 2.67. The summed E-state index contributed by atoms with van der Waals surface area (Å²) in [6.07, 6.45) is 1.79. The maximum Gasteiger partial charge on any atom is 0.192 e. The first-order chi connectivity index (χ1) is 7.99. The van der Waals surface area contributed by atoms with Gasteiger partial charge in [0.2, 0.25) is 0 Å². The van der Waals surface area contributed by atoms with Crippen molar-refractivity contribution in [3.8, 4) is 0 Å². The zero-order valence-corrected chi connectivity index (χ0v) is 11.4. The summed E-state index contributed by atoms with van der Waals surface area (Å²) < 4.78 is 0. The first-order valence-corrected chi connectivity index (χ1v) is 6.38. The second kappa shape index (κ2) is 6.60. The number of hydrogen-bond donors (Lipinski definition) is 1. The van der Waals surface area contributed by atoms with Crippen LogP contribution in [0.25, 0.3) is 0 Å². The molecule has 0 amide bonds. The lowest BCUT2D eigenvalue weighted by molar-refractivity contribution is 0.0908. The first kappa shape index (κ1) is 14.0. The number of H-pyrrole nitrogens is 1. The van der Waals surface area contributed by atoms with Gasteiger partial charge in [0.25, 0.3) is 0 Å². The molecule has 0 saturated carbocycles. The fourth-order valence-electron chi connectivity index (χ4n) is 2.03. The molecule has 1 heterocycles. The molecular formula is C14H24N2O. The molecule has 0 fully saturated rings. The van der Waals surface area contributed by atoms with Gasteiger partial charge >= 0.3 is 0 Å². The SMILES string of the molecule is CC(C)CN(CC(=O)c1ccc[nH]1)CC(C)C. The lowest BCUT2D eigenvalue weighted by atomic mass is 10.1. The van der Waals surface area contributed by atoms with Crippen molar-refractivity contribution < 1.29 is 4.79 Å². The Morgan fingerprint density at radius 3 is 2.24 bits per heavy atom. The highest BCUT2D eigenvalue weighted by atomic mass is 16.1. The molecule has 0 aliphatic heterocycles. The van der Waals surface area contributed by atoms with Gasteiger partial charge in [0.1, 0.15) is 0 Å². The van der Waals surface area contributed by atoms with Crippen LogP contribution in [0.15, 0.2) is 18.3 Å². The van der Waals surface area contributed by atoms with E-state index in [9.17, 15) is 4.79 Å². The van der Waals surface area contributed by atoms with Crippen LogP contribution in [0, 0.1) is 11.8 Å². The van der Waals surface area contributed by atoms with E-state index in [1.807, 2.05) is 12.1 Å². The molecule has 0 saturated heterocycles. The van der Waals surface area contributed by atoms with Gasteiger partial charge in [-0.3, -0.25) is 9.69 Å². The summed E-state index contributed by atoms with van der Waals surface area (Å²) in [7, 11) is 0. The van der Waals surface area contributed by atoms with E-state index in [1.165, 1.54) is 0 Å². The number of rotatable bonds is 7. The van der Waals surface area contributed by atoms with Crippen molar-refractivity contribution in [3.05, 3.63) is 24.0 Å². The summed E-state index contributed by atoms with van der Waals surface area (Å²) in [5, 5.41) is 0. The molecule has 17 heavy (non-hydrogen) atoms. The zero-order chi connectivity index (χ0) is 12.8. The quantitative estimate of drug-likeness (QED) is 0.739. The zero-order valence-electron chi connectivity index (χ0n) is 11.4. The van der Waals surface area contributed by atoms with E-state index in [4.69, 9.17) is 0 Å². The number of aromatic amines is 1. The Morgan fingerprint density at radius 1 is 1.24 bits per heavy atom. The number of aromatic nitrogens is 1. The second-order valence-electron chi connectivity index (χ2n) is 5.49.